The fourth-order valence-electron chi connectivity index (χ4n) is 8.85. The Hall–Kier alpha value is -2.10. The predicted octanol–water partition coefficient (Wildman–Crippen LogP) is 11.0. The molecule has 0 atom stereocenters. The van der Waals surface area contributed by atoms with Crippen molar-refractivity contribution in [2.75, 3.05) is 27.2 Å². The Morgan fingerprint density at radius 1 is 0.727 bits per heavy atom. The van der Waals surface area contributed by atoms with E-state index >= 15 is 0 Å². The highest BCUT2D eigenvalue weighted by Crippen LogP contribution is 2.53. The number of benzene rings is 2. The topological polar surface area (TPSA) is 22.3 Å². The van der Waals surface area contributed by atoms with Crippen LogP contribution in [0.5, 0.6) is 0 Å². The molecule has 1 aliphatic carbocycles. The van der Waals surface area contributed by atoms with E-state index in [1.165, 1.54) is 157 Å². The van der Waals surface area contributed by atoms with Gasteiger partial charge in [0.1, 0.15) is 0 Å². The molecule has 0 amide bonds. The third-order valence-corrected chi connectivity index (χ3v) is 11.6. The Kier molecular flexibility index (Phi) is 12.1. The van der Waals surface area contributed by atoms with Gasteiger partial charge in [0.25, 0.3) is 0 Å². The minimum Gasteiger partial charge on any atom is -0.357 e. The van der Waals surface area contributed by atoms with Crippen LogP contribution in [0.2, 0.25) is 0 Å². The van der Waals surface area contributed by atoms with Crippen molar-refractivity contribution in [1.29, 1.82) is 0 Å². The standard InChI is InChI=1S/C41H63N3/c1-5-6-7-8-9-10-11-12-13-14-15-16-17-21-31-44-32-26-36-37-33-34(2)24-25-38(37)42-39(36)41(44)29-27-40(28-30-41,43(3)4)35-22-19-18-20-23-35/h18-20,22-25,33,42H,5-17,21,26-32H2,1-4H3. The molecule has 1 aromatic heterocycles. The second kappa shape index (κ2) is 15.9. The summed E-state index contributed by atoms with van der Waals surface area (Å²) in [6.45, 7) is 6.99. The van der Waals surface area contributed by atoms with Gasteiger partial charge in [-0.1, -0.05) is 132 Å². The molecule has 242 valence electrons. The summed E-state index contributed by atoms with van der Waals surface area (Å²) in [6, 6.07) is 18.4. The number of fused-ring (bicyclic) bond motifs is 4. The minimum atomic E-state index is 0.118. The summed E-state index contributed by atoms with van der Waals surface area (Å²) in [5.74, 6) is 0. The van der Waals surface area contributed by atoms with Gasteiger partial charge in [-0.15, -0.1) is 0 Å². The summed E-state index contributed by atoms with van der Waals surface area (Å²) in [6.07, 6.45) is 26.0. The van der Waals surface area contributed by atoms with Gasteiger partial charge in [0.05, 0.1) is 5.54 Å². The highest BCUT2D eigenvalue weighted by atomic mass is 15.2. The molecular formula is C41H63N3. The fraction of sp³-hybridized carbons (Fsp3) is 0.659. The number of unbranched alkanes of at least 4 members (excludes halogenated alkanes) is 13. The first kappa shape index (κ1) is 33.3. The largest absolute Gasteiger partial charge is 0.357 e. The van der Waals surface area contributed by atoms with Crippen LogP contribution in [0.25, 0.3) is 10.9 Å². The zero-order valence-corrected chi connectivity index (χ0v) is 28.9. The maximum atomic E-state index is 4.03. The van der Waals surface area contributed by atoms with Gasteiger partial charge < -0.3 is 4.98 Å². The number of aromatic nitrogens is 1. The fourth-order valence-corrected chi connectivity index (χ4v) is 8.85. The molecule has 5 rings (SSSR count). The van der Waals surface area contributed by atoms with E-state index in [2.05, 4.69) is 91.3 Å². The molecule has 0 unspecified atom stereocenters. The lowest BCUT2D eigenvalue weighted by Gasteiger charge is -2.55. The van der Waals surface area contributed by atoms with Crippen LogP contribution in [-0.2, 0) is 17.5 Å². The maximum Gasteiger partial charge on any atom is 0.0616 e. The number of nitrogens with zero attached hydrogens (tertiary/aromatic N) is 2. The van der Waals surface area contributed by atoms with E-state index in [0.29, 0.717) is 0 Å². The molecule has 0 bridgehead atoms. The molecule has 3 heteroatoms. The third kappa shape index (κ3) is 7.47. The van der Waals surface area contributed by atoms with Crippen molar-refractivity contribution >= 4 is 10.9 Å². The summed E-state index contributed by atoms with van der Waals surface area (Å²) >= 11 is 0. The quantitative estimate of drug-likeness (QED) is 0.156. The van der Waals surface area contributed by atoms with Gasteiger partial charge in [-0.2, -0.15) is 0 Å². The van der Waals surface area contributed by atoms with Crippen molar-refractivity contribution in [3.63, 3.8) is 0 Å². The first-order valence-electron chi connectivity index (χ1n) is 18.6. The molecule has 0 radical (unpaired) electrons. The number of nitrogens with one attached hydrogen (secondary N) is 1. The average molecular weight is 598 g/mol. The Bertz CT molecular complexity index is 1260. The summed E-state index contributed by atoms with van der Waals surface area (Å²) in [5, 5.41) is 1.48. The molecule has 1 saturated carbocycles. The Balaban J connectivity index is 1.18. The molecular weight excluding hydrogens is 534 g/mol. The van der Waals surface area contributed by atoms with Crippen molar-refractivity contribution < 1.29 is 0 Å². The number of hydrogen-bond acceptors (Lipinski definition) is 2. The van der Waals surface area contributed by atoms with E-state index in [-0.39, 0.29) is 11.1 Å². The molecule has 2 aromatic carbocycles. The molecule has 1 fully saturated rings. The zero-order valence-electron chi connectivity index (χ0n) is 28.9. The number of aromatic amines is 1. The minimum absolute atomic E-state index is 0.118. The third-order valence-electron chi connectivity index (χ3n) is 11.6. The smallest absolute Gasteiger partial charge is 0.0616 e. The summed E-state index contributed by atoms with van der Waals surface area (Å²) in [5.41, 5.74) is 7.61. The van der Waals surface area contributed by atoms with Crippen LogP contribution < -0.4 is 0 Å². The molecule has 3 aromatic rings. The Labute approximate surface area is 270 Å². The monoisotopic (exact) mass is 598 g/mol. The summed E-state index contributed by atoms with van der Waals surface area (Å²) < 4.78 is 0. The molecule has 2 aliphatic rings. The number of aryl methyl sites for hydroxylation is 1. The second-order valence-electron chi connectivity index (χ2n) is 14.7. The van der Waals surface area contributed by atoms with Gasteiger partial charge >= 0.3 is 0 Å². The lowest BCUT2D eigenvalue weighted by atomic mass is 9.65. The number of rotatable bonds is 17. The van der Waals surface area contributed by atoms with Crippen LogP contribution in [0.15, 0.2) is 48.5 Å². The maximum absolute atomic E-state index is 4.03. The highest BCUT2D eigenvalue weighted by molar-refractivity contribution is 5.86. The van der Waals surface area contributed by atoms with Crippen molar-refractivity contribution in [3.05, 3.63) is 70.9 Å². The molecule has 2 heterocycles. The SMILES string of the molecule is CCCCCCCCCCCCCCCCN1CCc2c([nH]c3ccc(C)cc23)C12CCC(c1ccccc1)(N(C)C)CC2. The van der Waals surface area contributed by atoms with Crippen LogP contribution in [0.4, 0.5) is 0 Å². The highest BCUT2D eigenvalue weighted by Gasteiger charge is 2.51. The normalized spacial score (nSPS) is 22.3. The van der Waals surface area contributed by atoms with Crippen LogP contribution in [0.3, 0.4) is 0 Å². The van der Waals surface area contributed by atoms with Crippen LogP contribution in [0, 0.1) is 6.92 Å². The van der Waals surface area contributed by atoms with Crippen molar-refractivity contribution in [2.24, 2.45) is 0 Å². The van der Waals surface area contributed by atoms with Crippen LogP contribution in [0.1, 0.15) is 145 Å². The molecule has 1 N–H and O–H groups in total. The number of H-pyrrole nitrogens is 1. The van der Waals surface area contributed by atoms with Gasteiger partial charge in [-0.3, -0.25) is 9.80 Å². The molecule has 44 heavy (non-hydrogen) atoms. The molecule has 1 spiro atoms. The van der Waals surface area contributed by atoms with Gasteiger partial charge in [-0.25, -0.2) is 0 Å². The Morgan fingerprint density at radius 3 is 1.91 bits per heavy atom. The van der Waals surface area contributed by atoms with Gasteiger partial charge in [-0.05, 0) is 89.3 Å². The predicted molar refractivity (Wildman–Crippen MR) is 191 cm³/mol. The average Bonchev–Trinajstić information content (AvgIpc) is 3.41. The van der Waals surface area contributed by atoms with Crippen LogP contribution >= 0.6 is 0 Å². The van der Waals surface area contributed by atoms with Gasteiger partial charge in [0.15, 0.2) is 0 Å². The van der Waals surface area contributed by atoms with Crippen molar-refractivity contribution in [3.8, 4) is 0 Å². The molecule has 3 nitrogen and oxygen atoms in total. The van der Waals surface area contributed by atoms with E-state index in [1.54, 1.807) is 11.3 Å². The summed E-state index contributed by atoms with van der Waals surface area (Å²) in [7, 11) is 4.60. The number of hydrogen-bond donors (Lipinski definition) is 1. The lowest BCUT2D eigenvalue weighted by Crippen LogP contribution is -2.57. The van der Waals surface area contributed by atoms with E-state index in [0.717, 1.165) is 0 Å². The van der Waals surface area contributed by atoms with Crippen LogP contribution in [-0.4, -0.2) is 42.0 Å². The lowest BCUT2D eigenvalue weighted by molar-refractivity contribution is -0.0237. The van der Waals surface area contributed by atoms with Crippen molar-refractivity contribution in [2.45, 2.75) is 147 Å². The van der Waals surface area contributed by atoms with E-state index in [1.807, 2.05) is 0 Å². The second-order valence-corrected chi connectivity index (χ2v) is 14.7. The summed E-state index contributed by atoms with van der Waals surface area (Å²) in [4.78, 5) is 9.48. The first-order chi connectivity index (χ1) is 21.5. The van der Waals surface area contributed by atoms with Gasteiger partial charge in [0, 0.05) is 28.7 Å². The molecule has 1 aliphatic heterocycles. The van der Waals surface area contributed by atoms with E-state index in [9.17, 15) is 0 Å². The van der Waals surface area contributed by atoms with Crippen molar-refractivity contribution in [1.82, 2.24) is 14.8 Å². The molecule has 0 saturated heterocycles. The zero-order chi connectivity index (χ0) is 30.8. The van der Waals surface area contributed by atoms with E-state index in [4.69, 9.17) is 0 Å². The van der Waals surface area contributed by atoms with Gasteiger partial charge in [0.2, 0.25) is 0 Å². The first-order valence-corrected chi connectivity index (χ1v) is 18.6. The van der Waals surface area contributed by atoms with E-state index < -0.39 is 0 Å². The Morgan fingerprint density at radius 2 is 1.32 bits per heavy atom.